The maximum atomic E-state index is 11.3. The average molecular weight is 378 g/mol. The number of morpholine rings is 1. The predicted octanol–water partition coefficient (Wildman–Crippen LogP) is 3.63. The van der Waals surface area contributed by atoms with Gasteiger partial charge in [-0.25, -0.2) is 0 Å². The number of non-ortho nitro benzene ring substituents is 1. The number of nitrogens with one attached hydrogen (secondary N) is 1. The Hall–Kier alpha value is -3.03. The van der Waals surface area contributed by atoms with Crippen molar-refractivity contribution >= 4 is 22.1 Å². The zero-order chi connectivity index (χ0) is 19.3. The van der Waals surface area contributed by atoms with E-state index < -0.39 is 0 Å². The van der Waals surface area contributed by atoms with Gasteiger partial charge in [-0.3, -0.25) is 20.0 Å². The molecule has 1 fully saturated rings. The van der Waals surface area contributed by atoms with Gasteiger partial charge < -0.3 is 10.1 Å². The molecule has 0 radical (unpaired) electrons. The van der Waals surface area contributed by atoms with Crippen molar-refractivity contribution in [3.8, 4) is 0 Å². The molecule has 0 amide bonds. The van der Waals surface area contributed by atoms with Crippen LogP contribution in [0.2, 0.25) is 0 Å². The van der Waals surface area contributed by atoms with E-state index in [0.29, 0.717) is 11.9 Å². The van der Waals surface area contributed by atoms with Crippen molar-refractivity contribution in [2.24, 2.45) is 0 Å². The molecular formula is C21H22N4O3. The smallest absolute Gasteiger partial charge is 0.278 e. The Morgan fingerprint density at radius 3 is 2.64 bits per heavy atom. The van der Waals surface area contributed by atoms with E-state index in [0.717, 1.165) is 37.4 Å². The van der Waals surface area contributed by atoms with Gasteiger partial charge in [0.1, 0.15) is 0 Å². The number of anilines is 1. The lowest BCUT2D eigenvalue weighted by Gasteiger charge is -2.35. The molecule has 1 N–H and O–H groups in total. The molecule has 1 aromatic heterocycles. The Labute approximate surface area is 163 Å². The molecule has 28 heavy (non-hydrogen) atoms. The number of fused-ring (bicyclic) bond motifs is 1. The molecule has 144 valence electrons. The van der Waals surface area contributed by atoms with E-state index in [-0.39, 0.29) is 16.7 Å². The van der Waals surface area contributed by atoms with Gasteiger partial charge in [0.2, 0.25) is 0 Å². The molecule has 0 spiro atoms. The molecule has 1 unspecified atom stereocenters. The number of aromatic nitrogens is 1. The highest BCUT2D eigenvalue weighted by Gasteiger charge is 2.23. The summed E-state index contributed by atoms with van der Waals surface area (Å²) in [5.41, 5.74) is 2.18. The molecule has 7 nitrogen and oxygen atoms in total. The summed E-state index contributed by atoms with van der Waals surface area (Å²) in [6, 6.07) is 15.7. The zero-order valence-corrected chi connectivity index (χ0v) is 15.5. The van der Waals surface area contributed by atoms with Crippen LogP contribution < -0.4 is 5.32 Å². The van der Waals surface area contributed by atoms with Gasteiger partial charge in [0.05, 0.1) is 29.6 Å². The van der Waals surface area contributed by atoms with E-state index in [1.807, 2.05) is 12.1 Å². The molecule has 2 heterocycles. The number of nitrogens with zero attached hydrogens (tertiary/aromatic N) is 3. The third kappa shape index (κ3) is 3.81. The van der Waals surface area contributed by atoms with Crippen molar-refractivity contribution in [3.05, 3.63) is 76.6 Å². The molecule has 7 heteroatoms. The van der Waals surface area contributed by atoms with E-state index >= 15 is 0 Å². The minimum atomic E-state index is -0.367. The average Bonchev–Trinajstić information content (AvgIpc) is 2.75. The highest BCUT2D eigenvalue weighted by atomic mass is 16.6. The van der Waals surface area contributed by atoms with Crippen LogP contribution in [0.5, 0.6) is 0 Å². The summed E-state index contributed by atoms with van der Waals surface area (Å²) in [5, 5.41) is 16.2. The van der Waals surface area contributed by atoms with Crippen LogP contribution in [0.25, 0.3) is 10.8 Å². The summed E-state index contributed by atoms with van der Waals surface area (Å²) in [4.78, 5) is 17.4. The zero-order valence-electron chi connectivity index (χ0n) is 15.5. The molecule has 2 aromatic carbocycles. The SMILES string of the molecule is O=[N+]([O-])c1ccc(NCC(c2ccccc2)N2CCOCC2)c2ccncc12. The molecule has 1 aliphatic heterocycles. The summed E-state index contributed by atoms with van der Waals surface area (Å²) in [5.74, 6) is 0. The molecular weight excluding hydrogens is 356 g/mol. The van der Waals surface area contributed by atoms with Crippen LogP contribution in [0.3, 0.4) is 0 Å². The third-order valence-electron chi connectivity index (χ3n) is 5.15. The third-order valence-corrected chi connectivity index (χ3v) is 5.15. The molecule has 1 atom stereocenters. The minimum absolute atomic E-state index is 0.0708. The molecule has 0 saturated carbocycles. The number of hydrogen-bond donors (Lipinski definition) is 1. The standard InChI is InChI=1S/C21H22N4O3/c26-25(27)20-7-6-19(17-8-9-22-14-18(17)20)23-15-21(16-4-2-1-3-5-16)24-10-12-28-13-11-24/h1-9,14,21,23H,10-13,15H2. The Kier molecular flexibility index (Phi) is 5.45. The van der Waals surface area contributed by atoms with Crippen molar-refractivity contribution in [1.29, 1.82) is 0 Å². The fraction of sp³-hybridized carbons (Fsp3) is 0.286. The van der Waals surface area contributed by atoms with Crippen LogP contribution in [0.4, 0.5) is 11.4 Å². The second-order valence-corrected chi connectivity index (χ2v) is 6.77. The second kappa shape index (κ2) is 8.33. The molecule has 1 saturated heterocycles. The number of ether oxygens (including phenoxy) is 1. The first-order valence-electron chi connectivity index (χ1n) is 9.36. The molecule has 0 bridgehead atoms. The van der Waals surface area contributed by atoms with E-state index in [1.54, 1.807) is 24.5 Å². The number of nitro benzene ring substituents is 1. The lowest BCUT2D eigenvalue weighted by Crippen LogP contribution is -2.41. The first kappa shape index (κ1) is 18.3. The van der Waals surface area contributed by atoms with Crippen molar-refractivity contribution in [3.63, 3.8) is 0 Å². The fourth-order valence-electron chi connectivity index (χ4n) is 3.72. The van der Waals surface area contributed by atoms with Gasteiger partial charge in [-0.2, -0.15) is 0 Å². The first-order chi connectivity index (χ1) is 13.7. The first-order valence-corrected chi connectivity index (χ1v) is 9.36. The quantitative estimate of drug-likeness (QED) is 0.521. The van der Waals surface area contributed by atoms with Gasteiger partial charge in [-0.1, -0.05) is 30.3 Å². The second-order valence-electron chi connectivity index (χ2n) is 6.77. The van der Waals surface area contributed by atoms with Crippen LogP contribution in [0.1, 0.15) is 11.6 Å². The Morgan fingerprint density at radius 1 is 1.11 bits per heavy atom. The van der Waals surface area contributed by atoms with Gasteiger partial charge in [0.25, 0.3) is 5.69 Å². The fourth-order valence-corrected chi connectivity index (χ4v) is 3.72. The van der Waals surface area contributed by atoms with Crippen molar-refractivity contribution in [2.75, 3.05) is 38.2 Å². The Morgan fingerprint density at radius 2 is 1.89 bits per heavy atom. The van der Waals surface area contributed by atoms with Crippen LogP contribution >= 0.6 is 0 Å². The Balaban J connectivity index is 1.62. The van der Waals surface area contributed by atoms with Gasteiger partial charge in [-0.05, 0) is 17.7 Å². The monoisotopic (exact) mass is 378 g/mol. The normalized spacial score (nSPS) is 16.0. The molecule has 1 aliphatic rings. The van der Waals surface area contributed by atoms with Crippen LogP contribution in [-0.4, -0.2) is 47.7 Å². The minimum Gasteiger partial charge on any atom is -0.383 e. The summed E-state index contributed by atoms with van der Waals surface area (Å²) in [6.45, 7) is 3.92. The largest absolute Gasteiger partial charge is 0.383 e. The molecule has 0 aliphatic carbocycles. The summed E-state index contributed by atoms with van der Waals surface area (Å²) >= 11 is 0. The van der Waals surface area contributed by atoms with Gasteiger partial charge in [0.15, 0.2) is 0 Å². The van der Waals surface area contributed by atoms with Gasteiger partial charge in [-0.15, -0.1) is 0 Å². The van der Waals surface area contributed by atoms with Crippen molar-refractivity contribution in [2.45, 2.75) is 6.04 Å². The summed E-state index contributed by atoms with van der Waals surface area (Å²) in [6.07, 6.45) is 3.21. The van der Waals surface area contributed by atoms with Crippen molar-refractivity contribution < 1.29 is 9.66 Å². The van der Waals surface area contributed by atoms with E-state index in [2.05, 4.69) is 39.5 Å². The maximum absolute atomic E-state index is 11.3. The van der Waals surface area contributed by atoms with E-state index in [1.165, 1.54) is 5.56 Å². The van der Waals surface area contributed by atoms with E-state index in [4.69, 9.17) is 4.74 Å². The van der Waals surface area contributed by atoms with Crippen molar-refractivity contribution in [1.82, 2.24) is 9.88 Å². The van der Waals surface area contributed by atoms with Crippen LogP contribution in [-0.2, 0) is 4.74 Å². The Bertz CT molecular complexity index is 958. The highest BCUT2D eigenvalue weighted by molar-refractivity contribution is 5.99. The summed E-state index contributed by atoms with van der Waals surface area (Å²) < 4.78 is 5.51. The van der Waals surface area contributed by atoms with Crippen LogP contribution in [0, 0.1) is 10.1 Å². The predicted molar refractivity (Wildman–Crippen MR) is 108 cm³/mol. The summed E-state index contributed by atoms with van der Waals surface area (Å²) in [7, 11) is 0. The van der Waals surface area contributed by atoms with Gasteiger partial charge in [0, 0.05) is 49.2 Å². The highest BCUT2D eigenvalue weighted by Crippen LogP contribution is 2.31. The van der Waals surface area contributed by atoms with Crippen LogP contribution in [0.15, 0.2) is 60.9 Å². The number of nitro groups is 1. The number of rotatable bonds is 6. The maximum Gasteiger partial charge on any atom is 0.278 e. The lowest BCUT2D eigenvalue weighted by molar-refractivity contribution is -0.383. The molecule has 4 rings (SSSR count). The number of pyridine rings is 1. The van der Waals surface area contributed by atoms with Gasteiger partial charge >= 0.3 is 0 Å². The molecule has 3 aromatic rings. The lowest BCUT2D eigenvalue weighted by atomic mass is 10.0. The number of benzene rings is 2. The number of hydrogen-bond acceptors (Lipinski definition) is 6. The topological polar surface area (TPSA) is 80.5 Å². The van der Waals surface area contributed by atoms with E-state index in [9.17, 15) is 10.1 Å².